The van der Waals surface area contributed by atoms with Crippen molar-refractivity contribution in [1.82, 2.24) is 4.90 Å². The lowest BCUT2D eigenvalue weighted by Crippen LogP contribution is -2.52. The summed E-state index contributed by atoms with van der Waals surface area (Å²) in [6.07, 6.45) is 2.08. The number of hydrogen-bond donors (Lipinski definition) is 1. The highest BCUT2D eigenvalue weighted by Crippen LogP contribution is 2.32. The van der Waals surface area contributed by atoms with Gasteiger partial charge in [-0.2, -0.15) is 0 Å². The van der Waals surface area contributed by atoms with Crippen molar-refractivity contribution in [3.8, 4) is 0 Å². The molecule has 3 rings (SSSR count). The number of nitrogens with zero attached hydrogens (tertiary/aromatic N) is 1. The van der Waals surface area contributed by atoms with Crippen LogP contribution >= 0.6 is 0 Å². The van der Waals surface area contributed by atoms with Gasteiger partial charge in [0.25, 0.3) is 0 Å². The van der Waals surface area contributed by atoms with Gasteiger partial charge in [0.05, 0.1) is 25.2 Å². The van der Waals surface area contributed by atoms with E-state index >= 15 is 0 Å². The molecule has 0 unspecified atom stereocenters. The molecule has 2 aliphatic heterocycles. The zero-order valence-electron chi connectivity index (χ0n) is 12.5. The molecule has 1 aromatic rings. The fourth-order valence-corrected chi connectivity index (χ4v) is 3.21. The summed E-state index contributed by atoms with van der Waals surface area (Å²) in [6, 6.07) is 8.11. The fraction of sp³-hybridized carbons (Fsp3) is 0.588. The van der Waals surface area contributed by atoms with Crippen LogP contribution in [0, 0.1) is 11.3 Å². The molecule has 0 radical (unpaired) electrons. The molecule has 0 bridgehead atoms. The average Bonchev–Trinajstić information content (AvgIpc) is 2.93. The Morgan fingerprint density at radius 1 is 1.33 bits per heavy atom. The van der Waals surface area contributed by atoms with Crippen molar-refractivity contribution in [2.24, 2.45) is 11.3 Å². The lowest BCUT2D eigenvalue weighted by Gasteiger charge is -2.39. The van der Waals surface area contributed by atoms with E-state index in [1.807, 2.05) is 24.0 Å². The molecule has 1 atom stereocenters. The van der Waals surface area contributed by atoms with E-state index < -0.39 is 0 Å². The Morgan fingerprint density at radius 2 is 2.00 bits per heavy atom. The summed E-state index contributed by atoms with van der Waals surface area (Å²) >= 11 is 0. The van der Waals surface area contributed by atoms with Gasteiger partial charge in [0.2, 0.25) is 5.91 Å². The standard InChI is InChI=1S/C17H23NO3/c1-17(11-21-12-17)16(20)18-7-6-15(9-18)8-13-2-4-14(10-19)5-3-13/h2-5,15,19H,6-12H2,1H3/t15-/m0/s1. The van der Waals surface area contributed by atoms with E-state index in [1.54, 1.807) is 0 Å². The number of rotatable bonds is 4. The lowest BCUT2D eigenvalue weighted by molar-refractivity contribution is -0.167. The molecule has 1 N–H and O–H groups in total. The van der Waals surface area contributed by atoms with Crippen LogP contribution in [0.15, 0.2) is 24.3 Å². The summed E-state index contributed by atoms with van der Waals surface area (Å²) in [6.45, 7) is 4.95. The third-order valence-corrected chi connectivity index (χ3v) is 4.66. The first-order valence-corrected chi connectivity index (χ1v) is 7.66. The van der Waals surface area contributed by atoms with Crippen molar-refractivity contribution in [2.75, 3.05) is 26.3 Å². The van der Waals surface area contributed by atoms with Gasteiger partial charge < -0.3 is 14.7 Å². The highest BCUT2D eigenvalue weighted by atomic mass is 16.5. The number of ether oxygens (including phenoxy) is 1. The molecule has 4 heteroatoms. The molecule has 2 fully saturated rings. The zero-order valence-corrected chi connectivity index (χ0v) is 12.5. The van der Waals surface area contributed by atoms with E-state index in [-0.39, 0.29) is 17.9 Å². The minimum absolute atomic E-state index is 0.0899. The van der Waals surface area contributed by atoms with E-state index in [0.29, 0.717) is 19.1 Å². The van der Waals surface area contributed by atoms with Crippen LogP contribution in [0.25, 0.3) is 0 Å². The van der Waals surface area contributed by atoms with Gasteiger partial charge in [-0.05, 0) is 36.8 Å². The second-order valence-corrected chi connectivity index (χ2v) is 6.64. The quantitative estimate of drug-likeness (QED) is 0.916. The van der Waals surface area contributed by atoms with Crippen molar-refractivity contribution in [1.29, 1.82) is 0 Å². The van der Waals surface area contributed by atoms with E-state index in [0.717, 1.165) is 31.5 Å². The van der Waals surface area contributed by atoms with E-state index in [1.165, 1.54) is 5.56 Å². The number of amides is 1. The van der Waals surface area contributed by atoms with Crippen LogP contribution in [-0.4, -0.2) is 42.2 Å². The van der Waals surface area contributed by atoms with E-state index in [9.17, 15) is 4.79 Å². The van der Waals surface area contributed by atoms with Crippen molar-refractivity contribution in [2.45, 2.75) is 26.4 Å². The van der Waals surface area contributed by atoms with Crippen molar-refractivity contribution in [3.05, 3.63) is 35.4 Å². The first-order chi connectivity index (χ1) is 10.1. The normalized spacial score (nSPS) is 23.9. The summed E-state index contributed by atoms with van der Waals surface area (Å²) in [7, 11) is 0. The second kappa shape index (κ2) is 5.78. The summed E-state index contributed by atoms with van der Waals surface area (Å²) < 4.78 is 5.19. The average molecular weight is 289 g/mol. The summed E-state index contributed by atoms with van der Waals surface area (Å²) in [5.41, 5.74) is 1.95. The number of carbonyl (C=O) groups is 1. The molecule has 1 amide bonds. The first-order valence-electron chi connectivity index (χ1n) is 7.66. The van der Waals surface area contributed by atoms with Crippen LogP contribution in [0.5, 0.6) is 0 Å². The third kappa shape index (κ3) is 2.97. The Balaban J connectivity index is 1.55. The Kier molecular flexibility index (Phi) is 4.00. The number of hydrogen-bond acceptors (Lipinski definition) is 3. The molecule has 0 aliphatic carbocycles. The van der Waals surface area contributed by atoms with Crippen LogP contribution in [0.2, 0.25) is 0 Å². The third-order valence-electron chi connectivity index (χ3n) is 4.66. The van der Waals surface area contributed by atoms with Crippen molar-refractivity contribution >= 4 is 5.91 Å². The van der Waals surface area contributed by atoms with Crippen molar-refractivity contribution < 1.29 is 14.6 Å². The van der Waals surface area contributed by atoms with Crippen LogP contribution in [0.4, 0.5) is 0 Å². The van der Waals surface area contributed by atoms with Gasteiger partial charge in [-0.3, -0.25) is 4.79 Å². The van der Waals surface area contributed by atoms with Gasteiger partial charge in [0.1, 0.15) is 0 Å². The number of aliphatic hydroxyl groups is 1. The fourth-order valence-electron chi connectivity index (χ4n) is 3.21. The van der Waals surface area contributed by atoms with Gasteiger partial charge in [0, 0.05) is 13.1 Å². The first kappa shape index (κ1) is 14.5. The predicted octanol–water partition coefficient (Wildman–Crippen LogP) is 1.61. The minimum Gasteiger partial charge on any atom is -0.392 e. The summed E-state index contributed by atoms with van der Waals surface area (Å²) in [4.78, 5) is 14.5. The lowest BCUT2D eigenvalue weighted by atomic mass is 9.87. The molecule has 21 heavy (non-hydrogen) atoms. The molecule has 2 saturated heterocycles. The van der Waals surface area contributed by atoms with Crippen LogP contribution in [0.3, 0.4) is 0 Å². The molecule has 4 nitrogen and oxygen atoms in total. The Hall–Kier alpha value is -1.39. The molecular formula is C17H23NO3. The highest BCUT2D eigenvalue weighted by Gasteiger charge is 2.44. The Morgan fingerprint density at radius 3 is 2.57 bits per heavy atom. The molecule has 114 valence electrons. The largest absolute Gasteiger partial charge is 0.392 e. The maximum absolute atomic E-state index is 12.4. The minimum atomic E-state index is -0.280. The number of carbonyl (C=O) groups excluding carboxylic acids is 1. The predicted molar refractivity (Wildman–Crippen MR) is 79.7 cm³/mol. The molecule has 2 aliphatic rings. The zero-order chi connectivity index (χ0) is 14.9. The molecule has 2 heterocycles. The van der Waals surface area contributed by atoms with E-state index in [4.69, 9.17) is 9.84 Å². The van der Waals surface area contributed by atoms with E-state index in [2.05, 4.69) is 12.1 Å². The topological polar surface area (TPSA) is 49.8 Å². The number of aliphatic hydroxyl groups excluding tert-OH is 1. The van der Waals surface area contributed by atoms with Crippen LogP contribution < -0.4 is 0 Å². The SMILES string of the molecule is CC1(C(=O)N2CC[C@@H](Cc3ccc(CO)cc3)C2)COC1. The highest BCUT2D eigenvalue weighted by molar-refractivity contribution is 5.83. The van der Waals surface area contributed by atoms with Gasteiger partial charge in [-0.15, -0.1) is 0 Å². The maximum atomic E-state index is 12.4. The second-order valence-electron chi connectivity index (χ2n) is 6.64. The molecule has 0 aromatic heterocycles. The van der Waals surface area contributed by atoms with Crippen LogP contribution in [0.1, 0.15) is 24.5 Å². The van der Waals surface area contributed by atoms with Gasteiger partial charge in [-0.25, -0.2) is 0 Å². The molecule has 0 spiro atoms. The van der Waals surface area contributed by atoms with Crippen LogP contribution in [-0.2, 0) is 22.6 Å². The Labute approximate surface area is 125 Å². The van der Waals surface area contributed by atoms with Gasteiger partial charge in [-0.1, -0.05) is 24.3 Å². The smallest absolute Gasteiger partial charge is 0.233 e. The Bertz CT molecular complexity index is 507. The molecule has 0 saturated carbocycles. The van der Waals surface area contributed by atoms with Gasteiger partial charge in [0.15, 0.2) is 0 Å². The molecule has 1 aromatic carbocycles. The molecular weight excluding hydrogens is 266 g/mol. The number of likely N-dealkylation sites (tertiary alicyclic amines) is 1. The van der Waals surface area contributed by atoms with Gasteiger partial charge >= 0.3 is 0 Å². The monoisotopic (exact) mass is 289 g/mol. The summed E-state index contributed by atoms with van der Waals surface area (Å²) in [5, 5.41) is 9.06. The maximum Gasteiger partial charge on any atom is 0.233 e. The summed E-state index contributed by atoms with van der Waals surface area (Å²) in [5.74, 6) is 0.797. The van der Waals surface area contributed by atoms with Crippen molar-refractivity contribution in [3.63, 3.8) is 0 Å². The number of benzene rings is 1.